The lowest BCUT2D eigenvalue weighted by Gasteiger charge is -2.22. The van der Waals surface area contributed by atoms with Crippen LogP contribution in [0.25, 0.3) is 0 Å². The largest absolute Gasteiger partial charge is 0.392 e. The normalized spacial score (nSPS) is 12.6. The third-order valence-electron chi connectivity index (χ3n) is 3.17. The Morgan fingerprint density at radius 2 is 2.10 bits per heavy atom. The maximum atomic E-state index is 12.3. The zero-order chi connectivity index (χ0) is 15.2. The number of carbonyl (C=O) groups is 1. The van der Waals surface area contributed by atoms with Crippen LogP contribution in [-0.2, 0) is 13.6 Å². The van der Waals surface area contributed by atoms with Gasteiger partial charge in [-0.1, -0.05) is 30.3 Å². The van der Waals surface area contributed by atoms with Crippen LogP contribution < -0.4 is 0 Å². The van der Waals surface area contributed by atoms with Gasteiger partial charge in [-0.25, -0.2) is 0 Å². The number of aromatic nitrogens is 2. The molecule has 1 aromatic carbocycles. The number of nitrogens with zero attached hydrogens (tertiary/aromatic N) is 3. The molecule has 0 bridgehead atoms. The minimum Gasteiger partial charge on any atom is -0.392 e. The molecule has 1 aromatic heterocycles. The van der Waals surface area contributed by atoms with E-state index in [-0.39, 0.29) is 12.3 Å². The number of benzene rings is 1. The number of Topliss-reactive ketones (excluding diaryl/α,β-unsaturated/α-hetero) is 1. The Morgan fingerprint density at radius 3 is 2.67 bits per heavy atom. The third kappa shape index (κ3) is 4.81. The first-order valence-electron chi connectivity index (χ1n) is 7.01. The molecule has 1 atom stereocenters. The molecule has 5 heteroatoms. The molecule has 2 aromatic rings. The molecule has 1 unspecified atom stereocenters. The summed E-state index contributed by atoms with van der Waals surface area (Å²) in [4.78, 5) is 14.2. The van der Waals surface area contributed by atoms with Gasteiger partial charge >= 0.3 is 0 Å². The summed E-state index contributed by atoms with van der Waals surface area (Å²) in [5.74, 6) is 0.0136. The molecule has 0 amide bonds. The number of hydrogen-bond acceptors (Lipinski definition) is 4. The highest BCUT2D eigenvalue weighted by atomic mass is 16.3. The van der Waals surface area contributed by atoms with Crippen LogP contribution in [0.5, 0.6) is 0 Å². The van der Waals surface area contributed by atoms with Gasteiger partial charge in [0.2, 0.25) is 0 Å². The molecule has 112 valence electrons. The van der Waals surface area contributed by atoms with Crippen molar-refractivity contribution in [3.63, 3.8) is 0 Å². The highest BCUT2D eigenvalue weighted by Gasteiger charge is 2.16. The van der Waals surface area contributed by atoms with E-state index in [1.165, 1.54) is 0 Å². The Bertz CT molecular complexity index is 578. The van der Waals surface area contributed by atoms with Crippen LogP contribution in [0.3, 0.4) is 0 Å². The Morgan fingerprint density at radius 1 is 1.38 bits per heavy atom. The van der Waals surface area contributed by atoms with Gasteiger partial charge in [-0.2, -0.15) is 5.10 Å². The molecule has 1 N–H and O–H groups in total. The van der Waals surface area contributed by atoms with E-state index in [1.54, 1.807) is 31.0 Å². The summed E-state index contributed by atoms with van der Waals surface area (Å²) in [7, 11) is 1.79. The Labute approximate surface area is 124 Å². The summed E-state index contributed by atoms with van der Waals surface area (Å²) in [5, 5.41) is 13.6. The Hall–Kier alpha value is -1.98. The fraction of sp³-hybridized carbons (Fsp3) is 0.375. The summed E-state index contributed by atoms with van der Waals surface area (Å²) in [5.41, 5.74) is 1.72. The van der Waals surface area contributed by atoms with Crippen molar-refractivity contribution in [3.05, 3.63) is 53.9 Å². The van der Waals surface area contributed by atoms with Crippen molar-refractivity contribution in [3.8, 4) is 0 Å². The number of aryl methyl sites for hydroxylation is 1. The zero-order valence-corrected chi connectivity index (χ0v) is 12.4. The fourth-order valence-electron chi connectivity index (χ4n) is 2.26. The van der Waals surface area contributed by atoms with Gasteiger partial charge in [-0.05, 0) is 12.5 Å². The molecule has 2 rings (SSSR count). The minimum atomic E-state index is -0.476. The van der Waals surface area contributed by atoms with Gasteiger partial charge in [0.1, 0.15) is 0 Å². The summed E-state index contributed by atoms with van der Waals surface area (Å²) in [6.07, 6.45) is 2.81. The molecule has 0 saturated carbocycles. The SMILES string of the molecule is CC(O)CN(CC(=O)c1cnn(C)c1)Cc1ccccc1. The molecule has 5 nitrogen and oxygen atoms in total. The van der Waals surface area contributed by atoms with E-state index in [4.69, 9.17) is 0 Å². The second kappa shape index (κ2) is 7.15. The molecule has 1 heterocycles. The first-order valence-corrected chi connectivity index (χ1v) is 7.01. The van der Waals surface area contributed by atoms with E-state index in [1.807, 2.05) is 35.2 Å². The monoisotopic (exact) mass is 287 g/mol. The molecule has 0 radical (unpaired) electrons. The van der Waals surface area contributed by atoms with E-state index >= 15 is 0 Å². The first-order chi connectivity index (χ1) is 10.0. The molecular weight excluding hydrogens is 266 g/mol. The quantitative estimate of drug-likeness (QED) is 0.784. The number of ketones is 1. The van der Waals surface area contributed by atoms with Crippen molar-refractivity contribution in [2.24, 2.45) is 7.05 Å². The number of aliphatic hydroxyl groups excluding tert-OH is 1. The summed E-state index contributed by atoms with van der Waals surface area (Å²) >= 11 is 0. The van der Waals surface area contributed by atoms with Crippen molar-refractivity contribution >= 4 is 5.78 Å². The molecule has 0 spiro atoms. The van der Waals surface area contributed by atoms with E-state index in [0.29, 0.717) is 18.7 Å². The van der Waals surface area contributed by atoms with Crippen molar-refractivity contribution < 1.29 is 9.90 Å². The van der Waals surface area contributed by atoms with E-state index in [2.05, 4.69) is 5.10 Å². The molecule has 0 fully saturated rings. The predicted molar refractivity (Wildman–Crippen MR) is 80.9 cm³/mol. The van der Waals surface area contributed by atoms with E-state index in [0.717, 1.165) is 5.56 Å². The second-order valence-electron chi connectivity index (χ2n) is 5.33. The summed E-state index contributed by atoms with van der Waals surface area (Å²) < 4.78 is 1.61. The van der Waals surface area contributed by atoms with Gasteiger partial charge in [0.25, 0.3) is 0 Å². The summed E-state index contributed by atoms with van der Waals surface area (Å²) in [6, 6.07) is 9.94. The Balaban J connectivity index is 2.04. The fourth-order valence-corrected chi connectivity index (χ4v) is 2.26. The van der Waals surface area contributed by atoms with Gasteiger partial charge in [0.05, 0.1) is 24.4 Å². The van der Waals surface area contributed by atoms with Crippen molar-refractivity contribution in [1.82, 2.24) is 14.7 Å². The molecular formula is C16H21N3O2. The van der Waals surface area contributed by atoms with Crippen LogP contribution in [0, 0.1) is 0 Å². The molecule has 0 saturated heterocycles. The van der Waals surface area contributed by atoms with Crippen LogP contribution in [0.2, 0.25) is 0 Å². The van der Waals surface area contributed by atoms with Gasteiger partial charge < -0.3 is 5.11 Å². The maximum absolute atomic E-state index is 12.3. The van der Waals surface area contributed by atoms with Crippen molar-refractivity contribution in [1.29, 1.82) is 0 Å². The number of carbonyl (C=O) groups excluding carboxylic acids is 1. The molecule has 21 heavy (non-hydrogen) atoms. The first kappa shape index (κ1) is 15.4. The number of rotatable bonds is 7. The number of aliphatic hydroxyl groups is 1. The Kier molecular flexibility index (Phi) is 5.25. The molecule has 0 aliphatic carbocycles. The summed E-state index contributed by atoms with van der Waals surface area (Å²) in [6.45, 7) is 3.09. The third-order valence-corrected chi connectivity index (χ3v) is 3.17. The number of hydrogen-bond donors (Lipinski definition) is 1. The van der Waals surface area contributed by atoms with Crippen LogP contribution in [-0.4, -0.2) is 44.8 Å². The van der Waals surface area contributed by atoms with Crippen molar-refractivity contribution in [2.45, 2.75) is 19.6 Å². The highest BCUT2D eigenvalue weighted by Crippen LogP contribution is 2.07. The van der Waals surface area contributed by atoms with Gasteiger partial charge in [0, 0.05) is 26.3 Å². The van der Waals surface area contributed by atoms with E-state index in [9.17, 15) is 9.90 Å². The van der Waals surface area contributed by atoms with E-state index < -0.39 is 6.10 Å². The average Bonchev–Trinajstić information content (AvgIpc) is 2.86. The van der Waals surface area contributed by atoms with Crippen LogP contribution >= 0.6 is 0 Å². The lowest BCUT2D eigenvalue weighted by Crippen LogP contribution is -2.35. The van der Waals surface area contributed by atoms with Crippen LogP contribution in [0.4, 0.5) is 0 Å². The molecule has 0 aliphatic rings. The predicted octanol–water partition coefficient (Wildman–Crippen LogP) is 1.49. The standard InChI is InChI=1S/C16H21N3O2/c1-13(20)9-19(10-14-6-4-3-5-7-14)12-16(21)15-8-17-18(2)11-15/h3-8,11,13,20H,9-10,12H2,1-2H3. The maximum Gasteiger partial charge on any atom is 0.179 e. The van der Waals surface area contributed by atoms with Crippen LogP contribution in [0.1, 0.15) is 22.8 Å². The van der Waals surface area contributed by atoms with Crippen LogP contribution in [0.15, 0.2) is 42.7 Å². The second-order valence-corrected chi connectivity index (χ2v) is 5.33. The lowest BCUT2D eigenvalue weighted by molar-refractivity contribution is 0.0850. The lowest BCUT2D eigenvalue weighted by atomic mass is 10.1. The smallest absolute Gasteiger partial charge is 0.179 e. The van der Waals surface area contributed by atoms with Gasteiger partial charge in [-0.3, -0.25) is 14.4 Å². The highest BCUT2D eigenvalue weighted by molar-refractivity contribution is 5.97. The van der Waals surface area contributed by atoms with Gasteiger partial charge in [0.15, 0.2) is 5.78 Å². The average molecular weight is 287 g/mol. The van der Waals surface area contributed by atoms with Gasteiger partial charge in [-0.15, -0.1) is 0 Å². The minimum absolute atomic E-state index is 0.0136. The topological polar surface area (TPSA) is 58.4 Å². The zero-order valence-electron chi connectivity index (χ0n) is 12.4. The molecule has 0 aliphatic heterocycles. The van der Waals surface area contributed by atoms with Crippen molar-refractivity contribution in [2.75, 3.05) is 13.1 Å².